The van der Waals surface area contributed by atoms with E-state index in [-0.39, 0.29) is 5.91 Å². The SMILES string of the molecule is Cc1c(Cl)cccc1NC(=O)CSCc1ccc(Cl)s1. The van der Waals surface area contributed by atoms with Crippen LogP contribution in [0.4, 0.5) is 5.69 Å². The molecular weight excluding hydrogens is 333 g/mol. The Balaban J connectivity index is 1.82. The Labute approximate surface area is 136 Å². The van der Waals surface area contributed by atoms with E-state index in [1.165, 1.54) is 4.88 Å². The van der Waals surface area contributed by atoms with Crippen molar-refractivity contribution in [1.29, 1.82) is 0 Å². The molecule has 0 saturated carbocycles. The summed E-state index contributed by atoms with van der Waals surface area (Å²) >= 11 is 15.0. The van der Waals surface area contributed by atoms with E-state index in [1.807, 2.05) is 37.3 Å². The molecular formula is C14H13Cl2NOS2. The van der Waals surface area contributed by atoms with Crippen LogP contribution in [0, 0.1) is 6.92 Å². The predicted molar refractivity (Wildman–Crippen MR) is 90.3 cm³/mol. The van der Waals surface area contributed by atoms with Crippen LogP contribution in [0.1, 0.15) is 10.4 Å². The molecule has 2 aromatic rings. The van der Waals surface area contributed by atoms with Crippen molar-refractivity contribution in [2.45, 2.75) is 12.7 Å². The number of thioether (sulfide) groups is 1. The second-order valence-corrected chi connectivity index (χ2v) is 7.35. The zero-order valence-electron chi connectivity index (χ0n) is 10.8. The van der Waals surface area contributed by atoms with Crippen LogP contribution < -0.4 is 5.32 Å². The number of rotatable bonds is 5. The van der Waals surface area contributed by atoms with Crippen molar-refractivity contribution in [3.8, 4) is 0 Å². The van der Waals surface area contributed by atoms with Gasteiger partial charge in [-0.25, -0.2) is 0 Å². The van der Waals surface area contributed by atoms with Gasteiger partial charge in [0.2, 0.25) is 5.91 Å². The van der Waals surface area contributed by atoms with Gasteiger partial charge in [0.1, 0.15) is 0 Å². The number of benzene rings is 1. The van der Waals surface area contributed by atoms with Gasteiger partial charge in [-0.15, -0.1) is 23.1 Å². The Kier molecular flexibility index (Phi) is 5.78. The molecule has 0 spiro atoms. The van der Waals surface area contributed by atoms with Gasteiger partial charge in [0.15, 0.2) is 0 Å². The zero-order chi connectivity index (χ0) is 14.5. The van der Waals surface area contributed by atoms with E-state index in [2.05, 4.69) is 5.32 Å². The van der Waals surface area contributed by atoms with Crippen LogP contribution >= 0.6 is 46.3 Å². The summed E-state index contributed by atoms with van der Waals surface area (Å²) in [6, 6.07) is 9.34. The summed E-state index contributed by atoms with van der Waals surface area (Å²) in [5.41, 5.74) is 1.65. The Morgan fingerprint density at radius 1 is 1.30 bits per heavy atom. The smallest absolute Gasteiger partial charge is 0.234 e. The second kappa shape index (κ2) is 7.36. The highest BCUT2D eigenvalue weighted by atomic mass is 35.5. The first-order valence-corrected chi connectivity index (χ1v) is 8.66. The fourth-order valence-electron chi connectivity index (χ4n) is 1.60. The normalized spacial score (nSPS) is 10.6. The minimum atomic E-state index is -0.0250. The molecule has 2 nitrogen and oxygen atoms in total. The van der Waals surface area contributed by atoms with E-state index >= 15 is 0 Å². The Morgan fingerprint density at radius 3 is 2.80 bits per heavy atom. The lowest BCUT2D eigenvalue weighted by molar-refractivity contribution is -0.113. The molecule has 1 N–H and O–H groups in total. The molecule has 106 valence electrons. The first-order chi connectivity index (χ1) is 9.56. The first-order valence-electron chi connectivity index (χ1n) is 5.93. The van der Waals surface area contributed by atoms with Crippen LogP contribution in [-0.2, 0) is 10.5 Å². The van der Waals surface area contributed by atoms with Gasteiger partial charge in [-0.05, 0) is 36.8 Å². The second-order valence-electron chi connectivity index (χ2n) is 4.16. The number of amides is 1. The van der Waals surface area contributed by atoms with Gasteiger partial charge in [-0.1, -0.05) is 29.3 Å². The Morgan fingerprint density at radius 2 is 2.10 bits per heavy atom. The summed E-state index contributed by atoms with van der Waals surface area (Å²) in [6.07, 6.45) is 0. The summed E-state index contributed by atoms with van der Waals surface area (Å²) < 4.78 is 0.777. The molecule has 0 unspecified atom stereocenters. The van der Waals surface area contributed by atoms with Crippen molar-refractivity contribution in [2.75, 3.05) is 11.1 Å². The lowest BCUT2D eigenvalue weighted by Gasteiger charge is -2.09. The Hall–Kier alpha value is -0.680. The van der Waals surface area contributed by atoms with Gasteiger partial charge in [0.25, 0.3) is 0 Å². The van der Waals surface area contributed by atoms with E-state index in [0.717, 1.165) is 21.3 Å². The van der Waals surface area contributed by atoms with Gasteiger partial charge < -0.3 is 5.32 Å². The van der Waals surface area contributed by atoms with Crippen LogP contribution in [0.15, 0.2) is 30.3 Å². The van der Waals surface area contributed by atoms with Gasteiger partial charge >= 0.3 is 0 Å². The van der Waals surface area contributed by atoms with Crippen LogP contribution in [0.5, 0.6) is 0 Å². The van der Waals surface area contributed by atoms with Crippen molar-refractivity contribution < 1.29 is 4.79 Å². The lowest BCUT2D eigenvalue weighted by atomic mass is 10.2. The number of hydrogen-bond acceptors (Lipinski definition) is 3. The summed E-state index contributed by atoms with van der Waals surface area (Å²) in [4.78, 5) is 13.0. The van der Waals surface area contributed by atoms with Gasteiger partial charge in [0, 0.05) is 21.3 Å². The molecule has 1 aromatic carbocycles. The van der Waals surface area contributed by atoms with Crippen LogP contribution in [0.2, 0.25) is 9.36 Å². The van der Waals surface area contributed by atoms with Crippen molar-refractivity contribution in [2.24, 2.45) is 0 Å². The van der Waals surface area contributed by atoms with Crippen LogP contribution in [0.25, 0.3) is 0 Å². The van der Waals surface area contributed by atoms with Gasteiger partial charge in [-0.3, -0.25) is 4.79 Å². The topological polar surface area (TPSA) is 29.1 Å². The molecule has 0 aliphatic heterocycles. The standard InChI is InChI=1S/C14H13Cl2NOS2/c1-9-11(15)3-2-4-12(9)17-14(18)8-19-7-10-5-6-13(16)20-10/h2-6H,7-8H2,1H3,(H,17,18). The number of halogens is 2. The third-order valence-electron chi connectivity index (χ3n) is 2.65. The molecule has 0 atom stereocenters. The molecule has 0 fully saturated rings. The fourth-order valence-corrected chi connectivity index (χ4v) is 3.80. The zero-order valence-corrected chi connectivity index (χ0v) is 13.9. The molecule has 20 heavy (non-hydrogen) atoms. The molecule has 1 aromatic heterocycles. The highest BCUT2D eigenvalue weighted by molar-refractivity contribution is 7.99. The van der Waals surface area contributed by atoms with Gasteiger partial charge in [0.05, 0.1) is 10.1 Å². The average molecular weight is 346 g/mol. The highest BCUT2D eigenvalue weighted by Gasteiger charge is 2.07. The van der Waals surface area contributed by atoms with Crippen molar-refractivity contribution in [3.63, 3.8) is 0 Å². The third-order valence-corrected chi connectivity index (χ3v) is 5.45. The monoisotopic (exact) mass is 345 g/mol. The van der Waals surface area contributed by atoms with E-state index in [0.29, 0.717) is 10.8 Å². The molecule has 0 aliphatic rings. The fraction of sp³-hybridized carbons (Fsp3) is 0.214. The molecule has 0 saturated heterocycles. The minimum Gasteiger partial charge on any atom is -0.325 e. The molecule has 0 radical (unpaired) electrons. The number of carbonyl (C=O) groups excluding carboxylic acids is 1. The quantitative estimate of drug-likeness (QED) is 0.803. The highest BCUT2D eigenvalue weighted by Crippen LogP contribution is 2.26. The average Bonchev–Trinajstić information content (AvgIpc) is 2.81. The van der Waals surface area contributed by atoms with E-state index in [1.54, 1.807) is 23.1 Å². The molecule has 1 heterocycles. The minimum absolute atomic E-state index is 0.0250. The van der Waals surface area contributed by atoms with E-state index < -0.39 is 0 Å². The van der Waals surface area contributed by atoms with Crippen molar-refractivity contribution in [3.05, 3.63) is 50.1 Å². The molecule has 1 amide bonds. The molecule has 0 aliphatic carbocycles. The molecule has 2 rings (SSSR count). The van der Waals surface area contributed by atoms with E-state index in [9.17, 15) is 4.79 Å². The number of anilines is 1. The summed E-state index contributed by atoms with van der Waals surface area (Å²) in [7, 11) is 0. The summed E-state index contributed by atoms with van der Waals surface area (Å²) in [6.45, 7) is 1.89. The van der Waals surface area contributed by atoms with Crippen molar-refractivity contribution >= 4 is 57.9 Å². The number of nitrogens with one attached hydrogen (secondary N) is 1. The van der Waals surface area contributed by atoms with Gasteiger partial charge in [-0.2, -0.15) is 0 Å². The maximum atomic E-state index is 11.9. The van der Waals surface area contributed by atoms with Crippen LogP contribution in [-0.4, -0.2) is 11.7 Å². The Bertz CT molecular complexity index is 613. The summed E-state index contributed by atoms with van der Waals surface area (Å²) in [5, 5.41) is 3.53. The first kappa shape index (κ1) is 15.7. The number of thiophene rings is 1. The third kappa shape index (κ3) is 4.42. The largest absolute Gasteiger partial charge is 0.325 e. The lowest BCUT2D eigenvalue weighted by Crippen LogP contribution is -2.15. The summed E-state index contributed by atoms with van der Waals surface area (Å²) in [5.74, 6) is 1.17. The van der Waals surface area contributed by atoms with E-state index in [4.69, 9.17) is 23.2 Å². The predicted octanol–water partition coefficient (Wildman–Crippen LogP) is 5.24. The molecule has 6 heteroatoms. The number of carbonyl (C=O) groups is 1. The van der Waals surface area contributed by atoms with Crippen LogP contribution in [0.3, 0.4) is 0 Å². The maximum Gasteiger partial charge on any atom is 0.234 e. The maximum absolute atomic E-state index is 11.9. The van der Waals surface area contributed by atoms with Crippen molar-refractivity contribution in [1.82, 2.24) is 0 Å². The number of hydrogen-bond donors (Lipinski definition) is 1. The molecule has 0 bridgehead atoms.